The van der Waals surface area contributed by atoms with Crippen molar-refractivity contribution in [1.29, 1.82) is 0 Å². The second-order valence-electron chi connectivity index (χ2n) is 7.16. The van der Waals surface area contributed by atoms with Crippen molar-refractivity contribution in [2.24, 2.45) is 16.6 Å². The van der Waals surface area contributed by atoms with E-state index in [1.807, 2.05) is 27.7 Å². The highest BCUT2D eigenvalue weighted by molar-refractivity contribution is 14.0. The molecule has 1 aliphatic rings. The molecule has 1 amide bonds. The van der Waals surface area contributed by atoms with Crippen LogP contribution >= 0.6 is 24.0 Å². The molecule has 1 saturated heterocycles. The third kappa shape index (κ3) is 9.51. The van der Waals surface area contributed by atoms with Crippen LogP contribution in [0.2, 0.25) is 0 Å². The van der Waals surface area contributed by atoms with Crippen LogP contribution in [0.25, 0.3) is 0 Å². The van der Waals surface area contributed by atoms with Crippen LogP contribution in [0.3, 0.4) is 0 Å². The van der Waals surface area contributed by atoms with E-state index in [-0.39, 0.29) is 36.1 Å². The van der Waals surface area contributed by atoms with E-state index in [4.69, 9.17) is 15.2 Å². The number of nitrogens with zero attached hydrogens (tertiary/aromatic N) is 2. The monoisotopic (exact) mass is 456 g/mol. The Bertz CT molecular complexity index is 413. The van der Waals surface area contributed by atoms with E-state index >= 15 is 0 Å². The van der Waals surface area contributed by atoms with Crippen molar-refractivity contribution in [3.05, 3.63) is 0 Å². The maximum Gasteiger partial charge on any atom is 0.410 e. The molecule has 2 atom stereocenters. The summed E-state index contributed by atoms with van der Waals surface area (Å²) in [5.41, 5.74) is 5.41. The fraction of sp³-hybridized carbons (Fsp3) is 0.875. The lowest BCUT2D eigenvalue weighted by atomic mass is 9.98. The van der Waals surface area contributed by atoms with Gasteiger partial charge in [-0.15, -0.1) is 24.0 Å². The van der Waals surface area contributed by atoms with Crippen LogP contribution in [0, 0.1) is 5.92 Å². The first kappa shape index (κ1) is 23.2. The van der Waals surface area contributed by atoms with Crippen LogP contribution in [-0.2, 0) is 9.47 Å². The SMILES string of the molecule is COCC(C)NC(N)=NCC1CCCN(C(=O)OC(C)(C)C)C1.I. The van der Waals surface area contributed by atoms with E-state index < -0.39 is 5.60 Å². The number of hydrogen-bond donors (Lipinski definition) is 2. The number of guanidine groups is 1. The van der Waals surface area contributed by atoms with Gasteiger partial charge in [0.15, 0.2) is 5.96 Å². The first-order valence-electron chi connectivity index (χ1n) is 8.24. The van der Waals surface area contributed by atoms with E-state index in [0.717, 1.165) is 19.4 Å². The number of piperidine rings is 1. The van der Waals surface area contributed by atoms with Gasteiger partial charge in [0.25, 0.3) is 0 Å². The highest BCUT2D eigenvalue weighted by Gasteiger charge is 2.27. The molecular formula is C16H33IN4O3. The van der Waals surface area contributed by atoms with Crippen LogP contribution in [0.4, 0.5) is 4.79 Å². The van der Waals surface area contributed by atoms with Crippen LogP contribution < -0.4 is 11.1 Å². The van der Waals surface area contributed by atoms with Crippen LogP contribution in [-0.4, -0.2) is 61.9 Å². The first-order chi connectivity index (χ1) is 10.7. The lowest BCUT2D eigenvalue weighted by Gasteiger charge is -2.33. The number of hydrogen-bond acceptors (Lipinski definition) is 4. The molecule has 0 aromatic carbocycles. The number of nitrogens with two attached hydrogens (primary N) is 1. The Morgan fingerprint density at radius 1 is 1.46 bits per heavy atom. The molecule has 0 aromatic rings. The number of likely N-dealkylation sites (tertiary alicyclic amines) is 1. The van der Waals surface area contributed by atoms with Gasteiger partial charge in [-0.1, -0.05) is 0 Å². The van der Waals surface area contributed by atoms with E-state index in [0.29, 0.717) is 31.6 Å². The summed E-state index contributed by atoms with van der Waals surface area (Å²) in [6.45, 7) is 10.2. The zero-order valence-corrected chi connectivity index (χ0v) is 17.8. The molecule has 1 heterocycles. The highest BCUT2D eigenvalue weighted by atomic mass is 127. The van der Waals surface area contributed by atoms with Gasteiger partial charge in [0, 0.05) is 32.8 Å². The van der Waals surface area contributed by atoms with Crippen molar-refractivity contribution in [2.45, 2.75) is 52.2 Å². The lowest BCUT2D eigenvalue weighted by Crippen LogP contribution is -2.44. The van der Waals surface area contributed by atoms with E-state index in [1.54, 1.807) is 12.0 Å². The minimum Gasteiger partial charge on any atom is -0.444 e. The number of amides is 1. The number of aliphatic imine (C=N–C) groups is 1. The highest BCUT2D eigenvalue weighted by Crippen LogP contribution is 2.19. The molecule has 0 saturated carbocycles. The fourth-order valence-corrected chi connectivity index (χ4v) is 2.52. The Kier molecular flexibility index (Phi) is 10.6. The van der Waals surface area contributed by atoms with Gasteiger partial charge in [0.2, 0.25) is 0 Å². The third-order valence-electron chi connectivity index (χ3n) is 3.50. The fourth-order valence-electron chi connectivity index (χ4n) is 2.52. The van der Waals surface area contributed by atoms with E-state index in [9.17, 15) is 4.79 Å². The van der Waals surface area contributed by atoms with Gasteiger partial charge in [0.05, 0.1) is 6.61 Å². The summed E-state index contributed by atoms with van der Waals surface area (Å²) in [6.07, 6.45) is 1.77. The van der Waals surface area contributed by atoms with Crippen molar-refractivity contribution in [1.82, 2.24) is 10.2 Å². The third-order valence-corrected chi connectivity index (χ3v) is 3.50. The zero-order valence-electron chi connectivity index (χ0n) is 15.5. The number of methoxy groups -OCH3 is 1. The Morgan fingerprint density at radius 2 is 2.12 bits per heavy atom. The molecule has 0 radical (unpaired) electrons. The number of carbonyl (C=O) groups excluding carboxylic acids is 1. The van der Waals surface area contributed by atoms with Gasteiger partial charge in [-0.25, -0.2) is 4.79 Å². The summed E-state index contributed by atoms with van der Waals surface area (Å²) in [5.74, 6) is 0.735. The summed E-state index contributed by atoms with van der Waals surface area (Å²) in [7, 11) is 1.65. The number of nitrogens with one attached hydrogen (secondary N) is 1. The molecule has 0 bridgehead atoms. The number of carbonyl (C=O) groups is 1. The van der Waals surface area contributed by atoms with Crippen molar-refractivity contribution >= 4 is 36.0 Å². The molecule has 142 valence electrons. The Hall–Kier alpha value is -0.770. The van der Waals surface area contributed by atoms with Crippen LogP contribution in [0.5, 0.6) is 0 Å². The quantitative estimate of drug-likeness (QED) is 0.376. The molecule has 24 heavy (non-hydrogen) atoms. The van der Waals surface area contributed by atoms with Crippen LogP contribution in [0.1, 0.15) is 40.5 Å². The molecule has 3 N–H and O–H groups in total. The van der Waals surface area contributed by atoms with Crippen LogP contribution in [0.15, 0.2) is 4.99 Å². The van der Waals surface area contributed by atoms with Gasteiger partial charge in [-0.3, -0.25) is 4.99 Å². The standard InChI is InChI=1S/C16H32N4O3.HI/c1-12(11-22-5)19-14(17)18-9-13-7-6-8-20(10-13)15(21)23-16(2,3)4;/h12-13H,6-11H2,1-5H3,(H3,17,18,19);1H. The summed E-state index contributed by atoms with van der Waals surface area (Å²) >= 11 is 0. The lowest BCUT2D eigenvalue weighted by molar-refractivity contribution is 0.0171. The number of rotatable bonds is 5. The van der Waals surface area contributed by atoms with E-state index in [2.05, 4.69) is 10.3 Å². The van der Waals surface area contributed by atoms with Gasteiger partial charge in [-0.05, 0) is 46.5 Å². The second kappa shape index (κ2) is 11.0. The predicted molar refractivity (Wildman–Crippen MR) is 107 cm³/mol. The summed E-state index contributed by atoms with van der Waals surface area (Å²) < 4.78 is 10.5. The minimum atomic E-state index is -0.464. The van der Waals surface area contributed by atoms with Gasteiger partial charge in [0.1, 0.15) is 5.60 Å². The molecule has 0 aromatic heterocycles. The van der Waals surface area contributed by atoms with Gasteiger partial charge >= 0.3 is 6.09 Å². The predicted octanol–water partition coefficient (Wildman–Crippen LogP) is 2.19. The first-order valence-corrected chi connectivity index (χ1v) is 8.24. The topological polar surface area (TPSA) is 89.2 Å². The molecule has 0 aliphatic carbocycles. The molecule has 1 aliphatic heterocycles. The minimum absolute atomic E-state index is 0. The van der Waals surface area contributed by atoms with Gasteiger partial charge in [-0.2, -0.15) is 0 Å². The zero-order chi connectivity index (χ0) is 17.5. The summed E-state index contributed by atoms with van der Waals surface area (Å²) in [6, 6.07) is 0.119. The van der Waals surface area contributed by atoms with Crippen molar-refractivity contribution < 1.29 is 14.3 Å². The summed E-state index contributed by atoms with van der Waals surface area (Å²) in [4.78, 5) is 18.3. The maximum absolute atomic E-state index is 12.1. The average molecular weight is 456 g/mol. The van der Waals surface area contributed by atoms with Crippen molar-refractivity contribution in [3.63, 3.8) is 0 Å². The molecule has 1 fully saturated rings. The summed E-state index contributed by atoms with van der Waals surface area (Å²) in [5, 5.41) is 3.08. The van der Waals surface area contributed by atoms with E-state index in [1.165, 1.54) is 0 Å². The maximum atomic E-state index is 12.1. The molecule has 7 nitrogen and oxygen atoms in total. The number of halogens is 1. The second-order valence-corrected chi connectivity index (χ2v) is 7.16. The normalized spacial score (nSPS) is 20.1. The largest absolute Gasteiger partial charge is 0.444 e. The molecule has 2 unspecified atom stereocenters. The number of ether oxygens (including phenoxy) is 2. The molecule has 8 heteroatoms. The molecular weight excluding hydrogens is 423 g/mol. The average Bonchev–Trinajstić information content (AvgIpc) is 2.44. The van der Waals surface area contributed by atoms with Crippen molar-refractivity contribution in [3.8, 4) is 0 Å². The van der Waals surface area contributed by atoms with Crippen molar-refractivity contribution in [2.75, 3.05) is 33.4 Å². The van der Waals surface area contributed by atoms with Gasteiger partial charge < -0.3 is 25.4 Å². The Labute approximate surface area is 162 Å². The Balaban J connectivity index is 0.00000529. The molecule has 1 rings (SSSR count). The smallest absolute Gasteiger partial charge is 0.410 e. The Morgan fingerprint density at radius 3 is 2.71 bits per heavy atom. The molecule has 0 spiro atoms.